The van der Waals surface area contributed by atoms with Crippen LogP contribution in [0.4, 0.5) is 0 Å². The molecular formula is C54H102N8O9. The average Bonchev–Trinajstić information content (AvgIpc) is 4.08. The summed E-state index contributed by atoms with van der Waals surface area (Å²) in [5.41, 5.74) is 11.7. The maximum absolute atomic E-state index is 13.2. The third-order valence-corrected chi connectivity index (χ3v) is 13.8. The highest BCUT2D eigenvalue weighted by Crippen LogP contribution is 2.22. The summed E-state index contributed by atoms with van der Waals surface area (Å²) in [6.07, 6.45) is 31.5. The van der Waals surface area contributed by atoms with Gasteiger partial charge in [-0.2, -0.15) is 0 Å². The topological polar surface area (TPSA) is 237 Å². The van der Waals surface area contributed by atoms with Gasteiger partial charge in [-0.15, -0.1) is 0 Å². The Bertz CT molecular complexity index is 1320. The molecule has 0 spiro atoms. The lowest BCUT2D eigenvalue weighted by Crippen LogP contribution is -2.55. The Kier molecular flexibility index (Phi) is 38.7. The van der Waals surface area contributed by atoms with Gasteiger partial charge in [0, 0.05) is 65.3 Å². The van der Waals surface area contributed by atoms with Gasteiger partial charge in [-0.1, -0.05) is 142 Å². The van der Waals surface area contributed by atoms with Crippen LogP contribution >= 0.6 is 0 Å². The number of ether oxygens (including phenoxy) is 3. The molecule has 0 aromatic heterocycles. The molecule has 2 fully saturated rings. The number of unbranched alkanes of at least 4 members (excludes halogenated alkanes) is 20. The van der Waals surface area contributed by atoms with Crippen LogP contribution in [-0.2, 0) is 43.0 Å². The molecule has 2 heterocycles. The molecule has 4 atom stereocenters. The van der Waals surface area contributed by atoms with Gasteiger partial charge in [-0.25, -0.2) is 0 Å². The number of hydrogen-bond donors (Lipinski definition) is 6. The molecule has 2 rings (SSSR count). The number of nitrogens with zero attached hydrogens (tertiary/aromatic N) is 2. The van der Waals surface area contributed by atoms with E-state index in [1.54, 1.807) is 9.80 Å². The molecule has 2 aliphatic rings. The molecule has 0 aliphatic carbocycles. The fourth-order valence-corrected chi connectivity index (χ4v) is 9.40. The van der Waals surface area contributed by atoms with Crippen molar-refractivity contribution in [1.82, 2.24) is 31.1 Å². The van der Waals surface area contributed by atoms with Crippen molar-refractivity contribution in [3.05, 3.63) is 0 Å². The van der Waals surface area contributed by atoms with Gasteiger partial charge in [0.2, 0.25) is 35.4 Å². The van der Waals surface area contributed by atoms with Crippen LogP contribution in [0.2, 0.25) is 0 Å². The zero-order valence-electron chi connectivity index (χ0n) is 44.7. The van der Waals surface area contributed by atoms with Crippen molar-refractivity contribution in [3.8, 4) is 0 Å². The van der Waals surface area contributed by atoms with Crippen LogP contribution in [0, 0.1) is 0 Å². The third-order valence-electron chi connectivity index (χ3n) is 13.8. The number of carbonyl (C=O) groups is 6. The molecule has 4 unspecified atom stereocenters. The molecule has 8 N–H and O–H groups in total. The van der Waals surface area contributed by atoms with Crippen LogP contribution in [0.5, 0.6) is 0 Å². The summed E-state index contributed by atoms with van der Waals surface area (Å²) in [5, 5.41) is 11.2. The SMILES string of the molecule is CCCCCCCCCCCCCC(=O)N1CCCC1C(=O)NC(CN)C(=O)NCCCOCCOCCOCCCNC(=O)C(CN)NC(=O)C1CCCN1C(=O)CCCCCCCCCCCCC. The molecule has 0 aromatic carbocycles. The number of nitrogens with one attached hydrogen (secondary N) is 4. The number of nitrogens with two attached hydrogens (primary N) is 2. The van der Waals surface area contributed by atoms with Crippen molar-refractivity contribution in [2.75, 3.05) is 78.9 Å². The van der Waals surface area contributed by atoms with Crippen molar-refractivity contribution >= 4 is 35.4 Å². The normalized spacial score (nSPS) is 16.5. The van der Waals surface area contributed by atoms with Crippen LogP contribution in [0.3, 0.4) is 0 Å². The largest absolute Gasteiger partial charge is 0.379 e. The highest BCUT2D eigenvalue weighted by Gasteiger charge is 2.36. The predicted molar refractivity (Wildman–Crippen MR) is 281 cm³/mol. The molecule has 0 radical (unpaired) electrons. The molecule has 71 heavy (non-hydrogen) atoms. The third kappa shape index (κ3) is 29.8. The zero-order valence-corrected chi connectivity index (χ0v) is 44.7. The Hall–Kier alpha value is -3.38. The summed E-state index contributed by atoms with van der Waals surface area (Å²) < 4.78 is 16.8. The molecule has 17 nitrogen and oxygen atoms in total. The zero-order chi connectivity index (χ0) is 51.6. The number of hydrogen-bond acceptors (Lipinski definition) is 11. The van der Waals surface area contributed by atoms with Crippen molar-refractivity contribution in [2.24, 2.45) is 11.5 Å². The second-order valence-electron chi connectivity index (χ2n) is 19.8. The van der Waals surface area contributed by atoms with Crippen LogP contribution in [0.25, 0.3) is 0 Å². The molecule has 0 bridgehead atoms. The van der Waals surface area contributed by atoms with E-state index in [1.807, 2.05) is 0 Å². The summed E-state index contributed by atoms with van der Waals surface area (Å²) in [4.78, 5) is 81.4. The van der Waals surface area contributed by atoms with Crippen LogP contribution < -0.4 is 32.7 Å². The first-order valence-corrected chi connectivity index (χ1v) is 28.6. The van der Waals surface area contributed by atoms with E-state index in [0.717, 1.165) is 51.4 Å². The number of carbonyl (C=O) groups excluding carboxylic acids is 6. The van der Waals surface area contributed by atoms with Crippen LogP contribution in [-0.4, -0.2) is 148 Å². The summed E-state index contributed by atoms with van der Waals surface area (Å²) in [6.45, 7) is 8.56. The number of rotatable bonds is 46. The number of amides is 6. The highest BCUT2D eigenvalue weighted by molar-refractivity contribution is 5.93. The predicted octanol–water partition coefficient (Wildman–Crippen LogP) is 6.32. The van der Waals surface area contributed by atoms with Gasteiger partial charge >= 0.3 is 0 Å². The van der Waals surface area contributed by atoms with E-state index in [9.17, 15) is 28.8 Å². The monoisotopic (exact) mass is 1010 g/mol. The average molecular weight is 1010 g/mol. The van der Waals surface area contributed by atoms with E-state index >= 15 is 0 Å². The highest BCUT2D eigenvalue weighted by atomic mass is 16.5. The van der Waals surface area contributed by atoms with Crippen LogP contribution in [0.1, 0.15) is 206 Å². The van der Waals surface area contributed by atoms with Gasteiger partial charge in [-0.3, -0.25) is 28.8 Å². The molecule has 17 heteroatoms. The minimum atomic E-state index is -0.883. The maximum Gasteiger partial charge on any atom is 0.243 e. The number of likely N-dealkylation sites (tertiary alicyclic amines) is 2. The second-order valence-corrected chi connectivity index (χ2v) is 19.8. The van der Waals surface area contributed by atoms with E-state index in [2.05, 4.69) is 35.1 Å². The standard InChI is InChI=1S/C54H102N8O9/c1-3-5-7-9-11-13-15-17-19-21-23-31-49(63)61-35-25-29-47(61)53(67)59-45(43-55)51(65)57-33-27-37-69-39-41-71-42-40-70-38-28-34-58-52(66)46(44-56)60-54(68)48-30-26-36-62(48)50(64)32-24-22-20-18-16-14-12-10-8-6-4-2/h45-48H,3-44,55-56H2,1-2H3,(H,57,65)(H,58,66)(H,59,67)(H,60,68). The molecule has 2 saturated heterocycles. The molecular weight excluding hydrogens is 905 g/mol. The molecule has 412 valence electrons. The van der Waals surface area contributed by atoms with E-state index in [-0.39, 0.29) is 48.5 Å². The van der Waals surface area contributed by atoms with Gasteiger partial charge in [0.1, 0.15) is 24.2 Å². The van der Waals surface area contributed by atoms with E-state index < -0.39 is 24.2 Å². The quantitative estimate of drug-likeness (QED) is 0.0369. The first-order valence-electron chi connectivity index (χ1n) is 28.6. The summed E-state index contributed by atoms with van der Waals surface area (Å²) in [5.74, 6) is -1.37. The lowest BCUT2D eigenvalue weighted by atomic mass is 10.0. The summed E-state index contributed by atoms with van der Waals surface area (Å²) >= 11 is 0. The molecule has 0 aromatic rings. The lowest BCUT2D eigenvalue weighted by Gasteiger charge is -2.26. The Balaban J connectivity index is 1.45. The van der Waals surface area contributed by atoms with Crippen molar-refractivity contribution in [2.45, 2.75) is 231 Å². The molecule has 6 amide bonds. The second kappa shape index (κ2) is 43.1. The molecule has 2 aliphatic heterocycles. The summed E-state index contributed by atoms with van der Waals surface area (Å²) in [7, 11) is 0. The van der Waals surface area contributed by atoms with Crippen LogP contribution in [0.15, 0.2) is 0 Å². The summed E-state index contributed by atoms with van der Waals surface area (Å²) in [6, 6.07) is -2.90. The van der Waals surface area contributed by atoms with E-state index in [0.29, 0.717) is 104 Å². The van der Waals surface area contributed by atoms with Gasteiger partial charge < -0.3 is 56.7 Å². The van der Waals surface area contributed by atoms with Gasteiger partial charge in [0.15, 0.2) is 0 Å². The van der Waals surface area contributed by atoms with Crippen molar-refractivity contribution in [1.29, 1.82) is 0 Å². The maximum atomic E-state index is 13.2. The fourth-order valence-electron chi connectivity index (χ4n) is 9.40. The fraction of sp³-hybridized carbons (Fsp3) is 0.889. The van der Waals surface area contributed by atoms with Gasteiger partial charge in [0.25, 0.3) is 0 Å². The van der Waals surface area contributed by atoms with Gasteiger partial charge in [0.05, 0.1) is 26.4 Å². The first-order chi connectivity index (χ1) is 34.7. The Morgan fingerprint density at radius 2 is 0.761 bits per heavy atom. The van der Waals surface area contributed by atoms with E-state index in [1.165, 1.54) is 103 Å². The minimum Gasteiger partial charge on any atom is -0.379 e. The Morgan fingerprint density at radius 1 is 0.451 bits per heavy atom. The Morgan fingerprint density at radius 3 is 1.08 bits per heavy atom. The van der Waals surface area contributed by atoms with Gasteiger partial charge in [-0.05, 0) is 51.4 Å². The van der Waals surface area contributed by atoms with Crippen molar-refractivity contribution < 1.29 is 43.0 Å². The molecule has 0 saturated carbocycles. The smallest absolute Gasteiger partial charge is 0.243 e. The lowest BCUT2D eigenvalue weighted by molar-refractivity contribution is -0.139. The minimum absolute atomic E-state index is 0.00983. The first kappa shape index (κ1) is 63.7. The Labute approximate surface area is 429 Å². The van der Waals surface area contributed by atoms with E-state index in [4.69, 9.17) is 25.7 Å². The van der Waals surface area contributed by atoms with Crippen molar-refractivity contribution in [3.63, 3.8) is 0 Å².